The molecule has 0 spiro atoms. The number of likely N-dealkylation sites (N-methyl/N-ethyl adjacent to an activating group) is 1. The molecule has 5 nitrogen and oxygen atoms in total. The second kappa shape index (κ2) is 5.52. The Morgan fingerprint density at radius 3 is 2.84 bits per heavy atom. The lowest BCUT2D eigenvalue weighted by Crippen LogP contribution is -2.37. The quantitative estimate of drug-likeness (QED) is 0.777. The van der Waals surface area contributed by atoms with Gasteiger partial charge in [-0.2, -0.15) is 0 Å². The van der Waals surface area contributed by atoms with Crippen molar-refractivity contribution in [3.05, 3.63) is 23.4 Å². The first kappa shape index (κ1) is 13.7. The molecular formula is C13H18N4OS. The maximum Gasteiger partial charge on any atom is 0.239 e. The molecule has 3 N–H and O–H groups in total. The highest BCUT2D eigenvalue weighted by Gasteiger charge is 2.24. The number of rotatable bonds is 5. The van der Waals surface area contributed by atoms with E-state index in [1.165, 1.54) is 0 Å². The fourth-order valence-corrected chi connectivity index (χ4v) is 1.98. The molecule has 1 aromatic heterocycles. The van der Waals surface area contributed by atoms with Gasteiger partial charge in [-0.15, -0.1) is 0 Å². The molecule has 19 heavy (non-hydrogen) atoms. The lowest BCUT2D eigenvalue weighted by Gasteiger charge is -2.20. The Balaban J connectivity index is 2.12. The number of nitrogens with one attached hydrogen (secondary N) is 1. The summed E-state index contributed by atoms with van der Waals surface area (Å²) >= 11 is 5.02. The average Bonchev–Trinajstić information content (AvgIpc) is 3.12. The van der Waals surface area contributed by atoms with Gasteiger partial charge in [0, 0.05) is 18.8 Å². The summed E-state index contributed by atoms with van der Waals surface area (Å²) in [5.41, 5.74) is 7.25. The van der Waals surface area contributed by atoms with Gasteiger partial charge >= 0.3 is 0 Å². The molecule has 0 bridgehead atoms. The van der Waals surface area contributed by atoms with Gasteiger partial charge in [0.2, 0.25) is 5.91 Å². The maximum absolute atomic E-state index is 11.8. The maximum atomic E-state index is 11.8. The summed E-state index contributed by atoms with van der Waals surface area (Å²) in [5.74, 6) is 0.653. The summed E-state index contributed by atoms with van der Waals surface area (Å²) in [6, 6.07) is 4.06. The van der Waals surface area contributed by atoms with Crippen molar-refractivity contribution in [2.24, 2.45) is 5.73 Å². The number of nitrogens with zero attached hydrogens (tertiary/aromatic N) is 2. The molecule has 1 aliphatic rings. The van der Waals surface area contributed by atoms with Crippen molar-refractivity contribution in [2.45, 2.75) is 25.8 Å². The molecular weight excluding hydrogens is 260 g/mol. The van der Waals surface area contributed by atoms with Gasteiger partial charge in [-0.05, 0) is 31.9 Å². The van der Waals surface area contributed by atoms with Crippen LogP contribution in [0.15, 0.2) is 12.1 Å². The van der Waals surface area contributed by atoms with Crippen LogP contribution >= 0.6 is 12.2 Å². The Morgan fingerprint density at radius 2 is 2.26 bits per heavy atom. The highest BCUT2D eigenvalue weighted by Crippen LogP contribution is 2.19. The number of carbonyl (C=O) groups excluding carboxylic acids is 1. The van der Waals surface area contributed by atoms with Gasteiger partial charge in [0.1, 0.15) is 10.8 Å². The molecule has 1 fully saturated rings. The van der Waals surface area contributed by atoms with E-state index in [0.29, 0.717) is 17.4 Å². The van der Waals surface area contributed by atoms with Crippen molar-refractivity contribution in [1.82, 2.24) is 10.3 Å². The number of aryl methyl sites for hydroxylation is 1. The molecule has 1 heterocycles. The second-order valence-electron chi connectivity index (χ2n) is 4.89. The molecule has 1 aliphatic carbocycles. The molecule has 2 rings (SSSR count). The van der Waals surface area contributed by atoms with Crippen molar-refractivity contribution in [3.8, 4) is 0 Å². The van der Waals surface area contributed by atoms with Crippen molar-refractivity contribution in [2.75, 3.05) is 18.5 Å². The zero-order chi connectivity index (χ0) is 14.0. The summed E-state index contributed by atoms with van der Waals surface area (Å²) in [4.78, 5) is 18.3. The summed E-state index contributed by atoms with van der Waals surface area (Å²) < 4.78 is 0. The third-order valence-electron chi connectivity index (χ3n) is 2.96. The molecule has 102 valence electrons. The summed E-state index contributed by atoms with van der Waals surface area (Å²) in [5, 5.41) is 2.95. The van der Waals surface area contributed by atoms with Crippen LogP contribution in [-0.2, 0) is 4.79 Å². The number of carbonyl (C=O) groups is 1. The van der Waals surface area contributed by atoms with Crippen LogP contribution in [0, 0.1) is 6.92 Å². The normalized spacial score (nSPS) is 14.0. The SMILES string of the molecule is Cc1ccc(C(N)=S)c(N(C)CC(=O)NC2CC2)n1. The van der Waals surface area contributed by atoms with Crippen LogP contribution in [0.5, 0.6) is 0 Å². The highest BCUT2D eigenvalue weighted by atomic mass is 32.1. The minimum absolute atomic E-state index is 0.00203. The molecule has 0 unspecified atom stereocenters. The van der Waals surface area contributed by atoms with E-state index in [-0.39, 0.29) is 17.4 Å². The van der Waals surface area contributed by atoms with E-state index >= 15 is 0 Å². The van der Waals surface area contributed by atoms with Crippen molar-refractivity contribution >= 4 is 28.9 Å². The van der Waals surface area contributed by atoms with Crippen LogP contribution in [0.2, 0.25) is 0 Å². The van der Waals surface area contributed by atoms with Crippen LogP contribution in [0.1, 0.15) is 24.1 Å². The number of nitrogens with two attached hydrogens (primary N) is 1. The number of thiocarbonyl (C=S) groups is 1. The van der Waals surface area contributed by atoms with Crippen LogP contribution < -0.4 is 16.0 Å². The van der Waals surface area contributed by atoms with Crippen LogP contribution in [-0.4, -0.2) is 35.5 Å². The first-order chi connectivity index (χ1) is 8.97. The molecule has 0 aromatic carbocycles. The Bertz CT molecular complexity index is 513. The monoisotopic (exact) mass is 278 g/mol. The van der Waals surface area contributed by atoms with Crippen molar-refractivity contribution in [1.29, 1.82) is 0 Å². The van der Waals surface area contributed by atoms with Crippen molar-refractivity contribution < 1.29 is 4.79 Å². The number of hydrogen-bond donors (Lipinski definition) is 2. The second-order valence-corrected chi connectivity index (χ2v) is 5.33. The minimum Gasteiger partial charge on any atom is -0.389 e. The van der Waals surface area contributed by atoms with Crippen LogP contribution in [0.4, 0.5) is 5.82 Å². The van der Waals surface area contributed by atoms with Crippen molar-refractivity contribution in [3.63, 3.8) is 0 Å². The van der Waals surface area contributed by atoms with E-state index in [1.807, 2.05) is 26.1 Å². The first-order valence-electron chi connectivity index (χ1n) is 6.25. The molecule has 0 radical (unpaired) electrons. The zero-order valence-corrected chi connectivity index (χ0v) is 12.0. The van der Waals surface area contributed by atoms with E-state index in [4.69, 9.17) is 18.0 Å². The molecule has 6 heteroatoms. The standard InChI is InChI=1S/C13H18N4OS/c1-8-3-6-10(12(14)19)13(15-8)17(2)7-11(18)16-9-4-5-9/h3,6,9H,4-5,7H2,1-2H3,(H2,14,19)(H,16,18). The lowest BCUT2D eigenvalue weighted by molar-refractivity contribution is -0.119. The Kier molecular flexibility index (Phi) is 3.99. The van der Waals surface area contributed by atoms with Gasteiger partial charge in [0.05, 0.1) is 12.1 Å². The first-order valence-corrected chi connectivity index (χ1v) is 6.66. The third-order valence-corrected chi connectivity index (χ3v) is 3.18. The summed E-state index contributed by atoms with van der Waals surface area (Å²) in [6.45, 7) is 2.15. The van der Waals surface area contributed by atoms with Gasteiger partial charge in [0.15, 0.2) is 0 Å². The van der Waals surface area contributed by atoms with Gasteiger partial charge < -0.3 is 16.0 Å². The molecule has 1 amide bonds. The minimum atomic E-state index is 0.00203. The van der Waals surface area contributed by atoms with E-state index in [1.54, 1.807) is 4.90 Å². The predicted molar refractivity (Wildman–Crippen MR) is 79.3 cm³/mol. The van der Waals surface area contributed by atoms with Gasteiger partial charge in [0.25, 0.3) is 0 Å². The van der Waals surface area contributed by atoms with Gasteiger partial charge in [-0.3, -0.25) is 4.79 Å². The van der Waals surface area contributed by atoms with E-state index in [9.17, 15) is 4.79 Å². The van der Waals surface area contributed by atoms with E-state index in [2.05, 4.69) is 10.3 Å². The van der Waals surface area contributed by atoms with Crippen LogP contribution in [0.3, 0.4) is 0 Å². The smallest absolute Gasteiger partial charge is 0.239 e. The Hall–Kier alpha value is -1.69. The largest absolute Gasteiger partial charge is 0.389 e. The number of amides is 1. The van der Waals surface area contributed by atoms with E-state index in [0.717, 1.165) is 18.5 Å². The lowest BCUT2D eigenvalue weighted by atomic mass is 10.2. The average molecular weight is 278 g/mol. The van der Waals surface area contributed by atoms with Crippen LogP contribution in [0.25, 0.3) is 0 Å². The Labute approximate surface area is 118 Å². The molecule has 1 saturated carbocycles. The highest BCUT2D eigenvalue weighted by molar-refractivity contribution is 7.80. The molecule has 0 saturated heterocycles. The summed E-state index contributed by atoms with van der Waals surface area (Å²) in [6.07, 6.45) is 2.16. The number of pyridine rings is 1. The van der Waals surface area contributed by atoms with Gasteiger partial charge in [-0.1, -0.05) is 12.2 Å². The number of aromatic nitrogens is 1. The topological polar surface area (TPSA) is 71.2 Å². The number of hydrogen-bond acceptors (Lipinski definition) is 4. The van der Waals surface area contributed by atoms with E-state index < -0.39 is 0 Å². The fourth-order valence-electron chi connectivity index (χ4n) is 1.82. The third kappa shape index (κ3) is 3.64. The molecule has 0 atom stereocenters. The molecule has 0 aliphatic heterocycles. The number of anilines is 1. The van der Waals surface area contributed by atoms with Gasteiger partial charge in [-0.25, -0.2) is 4.98 Å². The Morgan fingerprint density at radius 1 is 1.58 bits per heavy atom. The molecule has 1 aromatic rings. The summed E-state index contributed by atoms with van der Waals surface area (Å²) in [7, 11) is 1.82. The zero-order valence-electron chi connectivity index (χ0n) is 11.1. The predicted octanol–water partition coefficient (Wildman–Crippen LogP) is 0.739. The fraction of sp³-hybridized carbons (Fsp3) is 0.462.